The van der Waals surface area contributed by atoms with Crippen molar-refractivity contribution in [1.29, 1.82) is 0 Å². The molecule has 0 heterocycles. The lowest BCUT2D eigenvalue weighted by Crippen LogP contribution is -2.36. The summed E-state index contributed by atoms with van der Waals surface area (Å²) in [6.07, 6.45) is 17.0. The molecule has 3 nitrogen and oxygen atoms in total. The molecule has 1 N–H and O–H groups in total. The Bertz CT molecular complexity index is 930. The van der Waals surface area contributed by atoms with Crippen LogP contribution in [0.4, 0.5) is 0 Å². The Morgan fingerprint density at radius 1 is 1.09 bits per heavy atom. The van der Waals surface area contributed by atoms with Gasteiger partial charge >= 0.3 is 0 Å². The molecule has 3 aliphatic carbocycles. The minimum absolute atomic E-state index is 0.232. The summed E-state index contributed by atoms with van der Waals surface area (Å²) in [4.78, 5) is 0. The highest BCUT2D eigenvalue weighted by atomic mass is 32.2. The van der Waals surface area contributed by atoms with Gasteiger partial charge in [-0.3, -0.25) is 0 Å². The lowest BCUT2D eigenvalue weighted by atomic mass is 9.61. The lowest BCUT2D eigenvalue weighted by molar-refractivity contribution is 0.112. The largest absolute Gasteiger partial charge is 0.393 e. The number of allylic oxidation sites excluding steroid dienone is 5. The lowest BCUT2D eigenvalue weighted by Gasteiger charge is -2.44. The van der Waals surface area contributed by atoms with Gasteiger partial charge < -0.3 is 5.11 Å². The van der Waals surface area contributed by atoms with Crippen molar-refractivity contribution in [3.63, 3.8) is 0 Å². The zero-order valence-corrected chi connectivity index (χ0v) is 22.5. The Morgan fingerprint density at radius 3 is 2.45 bits per heavy atom. The van der Waals surface area contributed by atoms with Crippen molar-refractivity contribution < 1.29 is 13.5 Å². The summed E-state index contributed by atoms with van der Waals surface area (Å²) in [5.74, 6) is 1.54. The fraction of sp³-hybridized carbons (Fsp3) is 0.724. The summed E-state index contributed by atoms with van der Waals surface area (Å²) >= 11 is 0. The monoisotopic (exact) mass is 474 g/mol. The molecule has 6 atom stereocenters. The maximum Gasteiger partial charge on any atom is 0.161 e. The second-order valence-corrected chi connectivity index (χ2v) is 15.2. The summed E-state index contributed by atoms with van der Waals surface area (Å²) in [7, 11) is -3.20. The van der Waals surface area contributed by atoms with Crippen LogP contribution in [0.5, 0.6) is 0 Å². The third-order valence-electron chi connectivity index (χ3n) is 8.89. The first-order chi connectivity index (χ1) is 15.3. The van der Waals surface area contributed by atoms with Gasteiger partial charge in [0, 0.05) is 0 Å². The van der Waals surface area contributed by atoms with Crippen LogP contribution in [0.2, 0.25) is 0 Å². The summed E-state index contributed by atoms with van der Waals surface area (Å²) in [6.45, 7) is 16.1. The molecular formula is C29H46O3S. The van der Waals surface area contributed by atoms with Gasteiger partial charge in [0.15, 0.2) is 9.84 Å². The summed E-state index contributed by atoms with van der Waals surface area (Å²) in [6, 6.07) is 0. The molecule has 3 saturated carbocycles. The molecule has 0 amide bonds. The van der Waals surface area contributed by atoms with Gasteiger partial charge in [-0.2, -0.15) is 0 Å². The van der Waals surface area contributed by atoms with Crippen LogP contribution >= 0.6 is 0 Å². The van der Waals surface area contributed by atoms with Crippen molar-refractivity contribution in [2.75, 3.05) is 0 Å². The quantitative estimate of drug-likeness (QED) is 0.439. The highest BCUT2D eigenvalue weighted by molar-refractivity contribution is 7.93. The van der Waals surface area contributed by atoms with E-state index in [1.54, 1.807) is 26.3 Å². The third kappa shape index (κ3) is 5.42. The number of fused-ring (bicyclic) bond motifs is 1. The molecule has 33 heavy (non-hydrogen) atoms. The summed E-state index contributed by atoms with van der Waals surface area (Å²) in [5, 5.41) is 9.60. The van der Waals surface area contributed by atoms with E-state index in [2.05, 4.69) is 38.7 Å². The molecule has 3 rings (SSSR count). The predicted molar refractivity (Wildman–Crippen MR) is 140 cm³/mol. The van der Waals surface area contributed by atoms with Crippen LogP contribution in [0.25, 0.3) is 0 Å². The zero-order valence-electron chi connectivity index (χ0n) is 21.7. The molecule has 3 aliphatic rings. The van der Waals surface area contributed by atoms with Gasteiger partial charge in [-0.15, -0.1) is 0 Å². The third-order valence-corrected chi connectivity index (χ3v) is 11.7. The van der Waals surface area contributed by atoms with Crippen LogP contribution in [-0.4, -0.2) is 29.6 Å². The van der Waals surface area contributed by atoms with Gasteiger partial charge in [-0.1, -0.05) is 55.9 Å². The van der Waals surface area contributed by atoms with E-state index in [1.165, 1.54) is 36.8 Å². The highest BCUT2D eigenvalue weighted by Crippen LogP contribution is 2.59. The van der Waals surface area contributed by atoms with Crippen molar-refractivity contribution in [3.05, 3.63) is 47.6 Å². The van der Waals surface area contributed by atoms with Crippen LogP contribution < -0.4 is 0 Å². The number of sulfone groups is 1. The van der Waals surface area contributed by atoms with E-state index in [-0.39, 0.29) is 11.5 Å². The molecule has 0 spiro atoms. The fourth-order valence-corrected chi connectivity index (χ4v) is 8.08. The molecule has 1 unspecified atom stereocenters. The van der Waals surface area contributed by atoms with Gasteiger partial charge in [-0.05, 0) is 108 Å². The maximum absolute atomic E-state index is 12.8. The average molecular weight is 475 g/mol. The van der Waals surface area contributed by atoms with E-state index in [1.807, 2.05) is 13.0 Å². The Labute approximate surface area is 203 Å². The number of rotatable bonds is 5. The summed E-state index contributed by atoms with van der Waals surface area (Å²) < 4.78 is 24.8. The first kappa shape index (κ1) is 26.5. The van der Waals surface area contributed by atoms with E-state index in [4.69, 9.17) is 0 Å². The van der Waals surface area contributed by atoms with E-state index in [0.717, 1.165) is 25.7 Å². The minimum Gasteiger partial charge on any atom is -0.393 e. The Morgan fingerprint density at radius 2 is 1.79 bits per heavy atom. The maximum atomic E-state index is 12.8. The molecule has 0 aromatic heterocycles. The van der Waals surface area contributed by atoms with Crippen molar-refractivity contribution in [3.8, 4) is 0 Å². The molecule has 186 valence electrons. The first-order valence-corrected chi connectivity index (χ1v) is 14.5. The fourth-order valence-electron chi connectivity index (χ4n) is 6.67. The Balaban J connectivity index is 1.76. The average Bonchev–Trinajstić information content (AvgIpc) is 3.09. The van der Waals surface area contributed by atoms with Gasteiger partial charge in [0.05, 0.1) is 16.1 Å². The highest BCUT2D eigenvalue weighted by Gasteiger charge is 2.50. The van der Waals surface area contributed by atoms with Crippen molar-refractivity contribution >= 4 is 9.84 Å². The predicted octanol–water partition coefficient (Wildman–Crippen LogP) is 6.95. The molecule has 4 heteroatoms. The number of hydrogen-bond acceptors (Lipinski definition) is 3. The Hall–Kier alpha value is -1.13. The van der Waals surface area contributed by atoms with Crippen LogP contribution in [0.15, 0.2) is 47.6 Å². The normalized spacial score (nSPS) is 35.8. The second-order valence-electron chi connectivity index (χ2n) is 12.1. The molecule has 3 fully saturated rings. The van der Waals surface area contributed by atoms with Gasteiger partial charge in [-0.25, -0.2) is 8.42 Å². The molecular weight excluding hydrogens is 428 g/mol. The minimum atomic E-state index is -3.20. The van der Waals surface area contributed by atoms with Crippen LogP contribution in [-0.2, 0) is 9.84 Å². The van der Waals surface area contributed by atoms with Crippen LogP contribution in [0, 0.1) is 23.2 Å². The molecule has 0 aromatic carbocycles. The summed E-state index contributed by atoms with van der Waals surface area (Å²) in [5.41, 5.74) is 4.22. The molecule has 0 bridgehead atoms. The van der Waals surface area contributed by atoms with Crippen LogP contribution in [0.1, 0.15) is 92.9 Å². The standard InChI is InChI=1S/C29H46O3S/c1-20-11-15-25(30)19-24(20)14-13-23-9-8-18-29(7)26(16-17-27(23)29)21(2)10-12-22(3)33(31,32)28(4,5)6/h10,12-14,21-22,25-27,30H,1,8-9,11,15-19H2,2-7H3/b12-10+,23-13+,24-14-/t21-,22+,25+,26?,27+,29-/m1/s1. The van der Waals surface area contributed by atoms with E-state index in [0.29, 0.717) is 17.8 Å². The van der Waals surface area contributed by atoms with E-state index in [9.17, 15) is 13.5 Å². The molecule has 0 saturated heterocycles. The van der Waals surface area contributed by atoms with Crippen molar-refractivity contribution in [2.45, 2.75) is 109 Å². The molecule has 0 aromatic rings. The first-order valence-electron chi connectivity index (χ1n) is 12.9. The van der Waals surface area contributed by atoms with E-state index >= 15 is 0 Å². The van der Waals surface area contributed by atoms with Crippen molar-refractivity contribution in [2.24, 2.45) is 23.2 Å². The van der Waals surface area contributed by atoms with Gasteiger partial charge in [0.1, 0.15) is 0 Å². The van der Waals surface area contributed by atoms with Crippen LogP contribution in [0.3, 0.4) is 0 Å². The smallest absolute Gasteiger partial charge is 0.161 e. The van der Waals surface area contributed by atoms with Crippen molar-refractivity contribution in [1.82, 2.24) is 0 Å². The number of aliphatic hydroxyl groups is 1. The molecule has 0 radical (unpaired) electrons. The number of aliphatic hydroxyl groups excluding tert-OH is 1. The SMILES string of the molecule is C=C1CC[C@H](O)C/C1=C/C=C1\CCC[C@]2(C)C([C@H](C)/C=C/[C@H](C)S(=O)(=O)C(C)(C)C)CC[C@@H]12. The second kappa shape index (κ2) is 9.85. The number of hydrogen-bond donors (Lipinski definition) is 1. The van der Waals surface area contributed by atoms with Gasteiger partial charge in [0.25, 0.3) is 0 Å². The van der Waals surface area contributed by atoms with E-state index < -0.39 is 19.8 Å². The Kier molecular flexibility index (Phi) is 7.90. The molecule has 0 aliphatic heterocycles. The van der Waals surface area contributed by atoms with Gasteiger partial charge in [0.2, 0.25) is 0 Å². The topological polar surface area (TPSA) is 54.4 Å². The zero-order chi connectivity index (χ0) is 24.6.